The Kier molecular flexibility index (Phi) is 3.12. The van der Waals surface area contributed by atoms with Gasteiger partial charge in [0.2, 0.25) is 5.91 Å². The number of nitrogens with zero attached hydrogens (tertiary/aromatic N) is 1. The van der Waals surface area contributed by atoms with Crippen LogP contribution in [-0.2, 0) is 4.79 Å². The Hall–Kier alpha value is -1.13. The molecule has 1 fully saturated rings. The fourth-order valence-corrected chi connectivity index (χ4v) is 2.12. The second-order valence-electron chi connectivity index (χ2n) is 3.68. The molecule has 16 heavy (non-hydrogen) atoms. The van der Waals surface area contributed by atoms with E-state index in [2.05, 4.69) is 0 Å². The van der Waals surface area contributed by atoms with Crippen molar-refractivity contribution in [3.05, 3.63) is 28.8 Å². The van der Waals surface area contributed by atoms with Crippen LogP contribution in [-0.4, -0.2) is 17.4 Å². The maximum Gasteiger partial charge on any atom is 0.227 e. The number of nitrogens with two attached hydrogens (primary N) is 1. The molecule has 1 aliphatic heterocycles. The lowest BCUT2D eigenvalue weighted by molar-refractivity contribution is -0.117. The van der Waals surface area contributed by atoms with Gasteiger partial charge in [-0.1, -0.05) is 29.9 Å². The summed E-state index contributed by atoms with van der Waals surface area (Å²) in [6.45, 7) is 0.708. The van der Waals surface area contributed by atoms with E-state index in [1.807, 2.05) is 0 Å². The van der Waals surface area contributed by atoms with Gasteiger partial charge >= 0.3 is 0 Å². The van der Waals surface area contributed by atoms with Crippen LogP contribution in [0.1, 0.15) is 18.4 Å². The first-order valence-corrected chi connectivity index (χ1v) is 5.78. The first-order chi connectivity index (χ1) is 7.59. The normalized spacial score (nSPS) is 15.6. The first kappa shape index (κ1) is 11.4. The molecule has 0 saturated carbocycles. The van der Waals surface area contributed by atoms with Crippen LogP contribution >= 0.6 is 23.8 Å². The number of hydrogen-bond donors (Lipinski definition) is 1. The molecule has 1 aromatic carbocycles. The van der Waals surface area contributed by atoms with Gasteiger partial charge in [0.15, 0.2) is 0 Å². The molecule has 0 atom stereocenters. The third-order valence-corrected chi connectivity index (χ3v) is 3.15. The standard InChI is InChI=1S/C11H11ClN2OS/c12-8-4-3-7(11(13)16)6-9(8)14-5-1-2-10(14)15/h3-4,6H,1-2,5H2,(H2,13,16). The minimum absolute atomic E-state index is 0.0991. The van der Waals surface area contributed by atoms with Gasteiger partial charge in [0.25, 0.3) is 0 Å². The highest BCUT2D eigenvalue weighted by Gasteiger charge is 2.23. The quantitative estimate of drug-likeness (QED) is 0.823. The largest absolute Gasteiger partial charge is 0.389 e. The molecule has 2 rings (SSSR count). The Morgan fingerprint density at radius 2 is 2.25 bits per heavy atom. The molecular weight excluding hydrogens is 244 g/mol. The molecule has 3 nitrogen and oxygen atoms in total. The average molecular weight is 255 g/mol. The maximum atomic E-state index is 11.6. The number of benzene rings is 1. The van der Waals surface area contributed by atoms with E-state index in [4.69, 9.17) is 29.6 Å². The van der Waals surface area contributed by atoms with Crippen LogP contribution in [0.4, 0.5) is 5.69 Å². The van der Waals surface area contributed by atoms with Crippen molar-refractivity contribution in [3.8, 4) is 0 Å². The number of amides is 1. The van der Waals surface area contributed by atoms with Crippen molar-refractivity contribution in [1.82, 2.24) is 0 Å². The van der Waals surface area contributed by atoms with Gasteiger partial charge in [0.1, 0.15) is 4.99 Å². The highest BCUT2D eigenvalue weighted by Crippen LogP contribution is 2.30. The van der Waals surface area contributed by atoms with Crippen LogP contribution < -0.4 is 10.6 Å². The van der Waals surface area contributed by atoms with Gasteiger partial charge in [-0.2, -0.15) is 0 Å². The van der Waals surface area contributed by atoms with Crippen molar-refractivity contribution in [1.29, 1.82) is 0 Å². The number of carbonyl (C=O) groups excluding carboxylic acids is 1. The molecule has 0 aliphatic carbocycles. The van der Waals surface area contributed by atoms with Crippen molar-refractivity contribution in [2.75, 3.05) is 11.4 Å². The van der Waals surface area contributed by atoms with Gasteiger partial charge in [0.05, 0.1) is 10.7 Å². The lowest BCUT2D eigenvalue weighted by Crippen LogP contribution is -2.24. The minimum atomic E-state index is 0.0991. The Labute approximate surface area is 104 Å². The van der Waals surface area contributed by atoms with Crippen molar-refractivity contribution >= 4 is 40.4 Å². The summed E-state index contributed by atoms with van der Waals surface area (Å²) in [5, 5.41) is 0.551. The van der Waals surface area contributed by atoms with E-state index >= 15 is 0 Å². The fourth-order valence-electron chi connectivity index (χ4n) is 1.78. The lowest BCUT2D eigenvalue weighted by Gasteiger charge is -2.18. The van der Waals surface area contributed by atoms with Gasteiger partial charge in [-0.25, -0.2) is 0 Å². The number of rotatable bonds is 2. The summed E-state index contributed by atoms with van der Waals surface area (Å²) < 4.78 is 0. The van der Waals surface area contributed by atoms with E-state index in [-0.39, 0.29) is 5.91 Å². The maximum absolute atomic E-state index is 11.6. The van der Waals surface area contributed by atoms with Crippen molar-refractivity contribution in [2.24, 2.45) is 5.73 Å². The third kappa shape index (κ3) is 2.03. The molecule has 0 aromatic heterocycles. The molecule has 0 radical (unpaired) electrons. The number of hydrogen-bond acceptors (Lipinski definition) is 2. The molecule has 0 bridgehead atoms. The summed E-state index contributed by atoms with van der Waals surface area (Å²) in [7, 11) is 0. The Morgan fingerprint density at radius 1 is 1.50 bits per heavy atom. The third-order valence-electron chi connectivity index (χ3n) is 2.59. The highest BCUT2D eigenvalue weighted by molar-refractivity contribution is 7.80. The van der Waals surface area contributed by atoms with Gasteiger partial charge in [0, 0.05) is 18.5 Å². The predicted molar refractivity (Wildman–Crippen MR) is 68.9 cm³/mol. The van der Waals surface area contributed by atoms with Gasteiger partial charge in [-0.3, -0.25) is 4.79 Å². The van der Waals surface area contributed by atoms with Crippen molar-refractivity contribution in [2.45, 2.75) is 12.8 Å². The summed E-state index contributed by atoms with van der Waals surface area (Å²) in [4.78, 5) is 13.6. The van der Waals surface area contributed by atoms with Crippen LogP contribution in [0.15, 0.2) is 18.2 Å². The zero-order chi connectivity index (χ0) is 11.7. The summed E-state index contributed by atoms with van der Waals surface area (Å²) in [5.41, 5.74) is 6.98. The second-order valence-corrected chi connectivity index (χ2v) is 4.53. The van der Waals surface area contributed by atoms with E-state index in [0.717, 1.165) is 12.0 Å². The Morgan fingerprint density at radius 3 is 2.81 bits per heavy atom. The number of halogens is 1. The Balaban J connectivity index is 2.42. The van der Waals surface area contributed by atoms with Gasteiger partial charge < -0.3 is 10.6 Å². The van der Waals surface area contributed by atoms with E-state index in [1.54, 1.807) is 23.1 Å². The number of thiocarbonyl (C=S) groups is 1. The van der Waals surface area contributed by atoms with E-state index in [1.165, 1.54) is 0 Å². The minimum Gasteiger partial charge on any atom is -0.389 e. The van der Waals surface area contributed by atoms with Crippen LogP contribution in [0.25, 0.3) is 0 Å². The summed E-state index contributed by atoms with van der Waals surface area (Å²) in [6, 6.07) is 5.25. The van der Waals surface area contributed by atoms with E-state index in [0.29, 0.717) is 28.7 Å². The van der Waals surface area contributed by atoms with Crippen molar-refractivity contribution < 1.29 is 4.79 Å². The lowest BCUT2D eigenvalue weighted by atomic mass is 10.2. The molecule has 5 heteroatoms. The SMILES string of the molecule is NC(=S)c1ccc(Cl)c(N2CCCC2=O)c1. The molecule has 1 heterocycles. The monoisotopic (exact) mass is 254 g/mol. The zero-order valence-corrected chi connectivity index (χ0v) is 10.1. The molecular formula is C11H11ClN2OS. The van der Waals surface area contributed by atoms with E-state index < -0.39 is 0 Å². The molecule has 1 aliphatic rings. The number of carbonyl (C=O) groups is 1. The smallest absolute Gasteiger partial charge is 0.227 e. The second kappa shape index (κ2) is 4.39. The summed E-state index contributed by atoms with van der Waals surface area (Å²) in [5.74, 6) is 0.0991. The highest BCUT2D eigenvalue weighted by atomic mass is 35.5. The molecule has 1 saturated heterocycles. The zero-order valence-electron chi connectivity index (χ0n) is 8.57. The van der Waals surface area contributed by atoms with Gasteiger partial charge in [-0.15, -0.1) is 0 Å². The molecule has 84 valence electrons. The van der Waals surface area contributed by atoms with Crippen LogP contribution in [0.5, 0.6) is 0 Å². The fraction of sp³-hybridized carbons (Fsp3) is 0.273. The van der Waals surface area contributed by atoms with Crippen molar-refractivity contribution in [3.63, 3.8) is 0 Å². The predicted octanol–water partition coefficient (Wildman–Crippen LogP) is 2.10. The molecule has 0 unspecified atom stereocenters. The van der Waals surface area contributed by atoms with Crippen LogP contribution in [0, 0.1) is 0 Å². The summed E-state index contributed by atoms with van der Waals surface area (Å²) in [6.07, 6.45) is 1.44. The first-order valence-electron chi connectivity index (χ1n) is 4.99. The Bertz CT molecular complexity index is 461. The summed E-state index contributed by atoms with van der Waals surface area (Å²) >= 11 is 11.0. The molecule has 1 amide bonds. The topological polar surface area (TPSA) is 46.3 Å². The number of anilines is 1. The average Bonchev–Trinajstić information content (AvgIpc) is 2.65. The molecule has 0 spiro atoms. The van der Waals surface area contributed by atoms with Gasteiger partial charge in [-0.05, 0) is 18.6 Å². The molecule has 2 N–H and O–H groups in total. The van der Waals surface area contributed by atoms with Crippen LogP contribution in [0.2, 0.25) is 5.02 Å². The van der Waals surface area contributed by atoms with E-state index in [9.17, 15) is 4.79 Å². The van der Waals surface area contributed by atoms with Crippen LogP contribution in [0.3, 0.4) is 0 Å². The molecule has 1 aromatic rings.